The van der Waals surface area contributed by atoms with Crippen LogP contribution in [0.4, 0.5) is 11.9 Å². The zero-order valence-electron chi connectivity index (χ0n) is 19.1. The van der Waals surface area contributed by atoms with Crippen molar-refractivity contribution in [3.8, 4) is 5.75 Å². The lowest BCUT2D eigenvalue weighted by molar-refractivity contribution is -0.111. The van der Waals surface area contributed by atoms with Gasteiger partial charge in [-0.15, -0.1) is 5.10 Å². The van der Waals surface area contributed by atoms with Crippen LogP contribution in [-0.4, -0.2) is 27.8 Å². The van der Waals surface area contributed by atoms with Crippen molar-refractivity contribution < 1.29 is 9.53 Å². The fourth-order valence-electron chi connectivity index (χ4n) is 4.18. The molecule has 3 aromatic carbocycles. The highest BCUT2D eigenvalue weighted by Gasteiger charge is 2.32. The van der Waals surface area contributed by atoms with Crippen molar-refractivity contribution in [1.29, 1.82) is 0 Å². The van der Waals surface area contributed by atoms with Gasteiger partial charge in [0.1, 0.15) is 5.75 Å². The van der Waals surface area contributed by atoms with Crippen LogP contribution in [0, 0.1) is 0 Å². The summed E-state index contributed by atoms with van der Waals surface area (Å²) in [6.07, 6.45) is 3.91. The number of hydrogen-bond donors (Lipinski definition) is 2. The van der Waals surface area contributed by atoms with Crippen molar-refractivity contribution in [3.63, 3.8) is 0 Å². The number of carbonyl (C=O) groups is 1. The molecule has 5 rings (SSSR count). The Morgan fingerprint density at radius 1 is 1.09 bits per heavy atom. The normalized spacial score (nSPS) is 17.0. The van der Waals surface area contributed by atoms with E-state index in [0.717, 1.165) is 28.9 Å². The van der Waals surface area contributed by atoms with Gasteiger partial charge in [-0.1, -0.05) is 72.3 Å². The molecule has 35 heavy (non-hydrogen) atoms. The third-order valence-corrected chi connectivity index (χ3v) is 6.28. The number of benzene rings is 3. The van der Waals surface area contributed by atoms with Crippen LogP contribution in [0.25, 0.3) is 6.08 Å². The van der Waals surface area contributed by atoms with Gasteiger partial charge < -0.3 is 10.1 Å². The standard InChI is InChI=1S/C27H24ClN5O2/c1-35-20-14-11-18(12-15-20)13-16-25(34)30-26-31-27-29-23(19-7-3-2-4-8-19)17-24(33(27)32-26)21-9-5-6-10-22(21)28/h2-16,23-24H,17H2,1H3,(H2,29,30,31,32,34). The number of nitrogens with one attached hydrogen (secondary N) is 2. The number of fused-ring (bicyclic) bond motifs is 1. The number of aromatic nitrogens is 3. The van der Waals surface area contributed by atoms with Crippen molar-refractivity contribution in [3.05, 3.63) is 107 Å². The summed E-state index contributed by atoms with van der Waals surface area (Å²) in [5.74, 6) is 1.23. The van der Waals surface area contributed by atoms with Crippen LogP contribution in [0.5, 0.6) is 5.75 Å². The number of anilines is 2. The van der Waals surface area contributed by atoms with Crippen molar-refractivity contribution in [2.75, 3.05) is 17.7 Å². The molecule has 0 spiro atoms. The van der Waals surface area contributed by atoms with E-state index in [1.807, 2.05) is 66.7 Å². The molecule has 1 aromatic heterocycles. The summed E-state index contributed by atoms with van der Waals surface area (Å²) in [5, 5.41) is 11.5. The van der Waals surface area contributed by atoms with Crippen LogP contribution in [0.2, 0.25) is 5.02 Å². The summed E-state index contributed by atoms with van der Waals surface area (Å²) in [6, 6.07) is 25.2. The molecule has 1 aliphatic rings. The quantitative estimate of drug-likeness (QED) is 0.340. The first kappa shape index (κ1) is 22.7. The minimum atomic E-state index is -0.322. The molecular weight excluding hydrogens is 462 g/mol. The van der Waals surface area contributed by atoms with E-state index in [0.29, 0.717) is 11.0 Å². The van der Waals surface area contributed by atoms with Gasteiger partial charge in [0, 0.05) is 11.1 Å². The van der Waals surface area contributed by atoms with Crippen LogP contribution in [-0.2, 0) is 4.79 Å². The monoisotopic (exact) mass is 485 g/mol. The highest BCUT2D eigenvalue weighted by molar-refractivity contribution is 6.31. The van der Waals surface area contributed by atoms with E-state index in [4.69, 9.17) is 16.3 Å². The van der Waals surface area contributed by atoms with Crippen molar-refractivity contribution in [2.24, 2.45) is 0 Å². The van der Waals surface area contributed by atoms with Gasteiger partial charge in [0.15, 0.2) is 0 Å². The number of methoxy groups -OCH3 is 1. The molecule has 0 bridgehead atoms. The molecule has 2 heterocycles. The molecule has 1 aliphatic heterocycles. The molecule has 2 atom stereocenters. The smallest absolute Gasteiger partial charge is 0.250 e. The highest BCUT2D eigenvalue weighted by atomic mass is 35.5. The predicted octanol–water partition coefficient (Wildman–Crippen LogP) is 5.74. The van der Waals surface area contributed by atoms with E-state index in [-0.39, 0.29) is 23.9 Å². The first-order valence-corrected chi connectivity index (χ1v) is 11.6. The van der Waals surface area contributed by atoms with Gasteiger partial charge in [0.05, 0.1) is 19.2 Å². The summed E-state index contributed by atoms with van der Waals surface area (Å²) in [6.45, 7) is 0. The van der Waals surface area contributed by atoms with E-state index in [1.165, 1.54) is 6.08 Å². The number of nitrogens with zero attached hydrogens (tertiary/aromatic N) is 3. The van der Waals surface area contributed by atoms with Crippen molar-refractivity contribution in [1.82, 2.24) is 14.8 Å². The molecule has 0 saturated carbocycles. The SMILES string of the molecule is COc1ccc(C=CC(=O)Nc2nc3n(n2)C(c2ccccc2Cl)CC(c2ccccc2)N3)cc1. The van der Waals surface area contributed by atoms with Crippen LogP contribution >= 0.6 is 11.6 Å². The largest absolute Gasteiger partial charge is 0.497 e. The lowest BCUT2D eigenvalue weighted by atomic mass is 9.93. The summed E-state index contributed by atoms with van der Waals surface area (Å²) >= 11 is 6.56. The maximum absolute atomic E-state index is 12.6. The van der Waals surface area contributed by atoms with E-state index in [9.17, 15) is 4.79 Å². The molecule has 0 radical (unpaired) electrons. The Morgan fingerprint density at radius 3 is 2.57 bits per heavy atom. The van der Waals surface area contributed by atoms with Gasteiger partial charge in [-0.25, -0.2) is 4.68 Å². The first-order chi connectivity index (χ1) is 17.1. The average Bonchev–Trinajstić information content (AvgIpc) is 3.30. The van der Waals surface area contributed by atoms with Gasteiger partial charge in [0.2, 0.25) is 5.95 Å². The maximum atomic E-state index is 12.6. The summed E-state index contributed by atoms with van der Waals surface area (Å²) in [5.41, 5.74) is 2.98. The molecule has 0 aliphatic carbocycles. The molecular formula is C27H24ClN5O2. The summed E-state index contributed by atoms with van der Waals surface area (Å²) in [7, 11) is 1.61. The second-order valence-electron chi connectivity index (χ2n) is 8.18. The second kappa shape index (κ2) is 10.0. The number of ether oxygens (including phenoxy) is 1. The molecule has 0 fully saturated rings. The van der Waals surface area contributed by atoms with Crippen LogP contribution in [0.15, 0.2) is 84.9 Å². The van der Waals surface area contributed by atoms with Crippen LogP contribution < -0.4 is 15.4 Å². The number of hydrogen-bond acceptors (Lipinski definition) is 5. The first-order valence-electron chi connectivity index (χ1n) is 11.3. The third-order valence-electron chi connectivity index (χ3n) is 5.93. The summed E-state index contributed by atoms with van der Waals surface area (Å²) < 4.78 is 6.96. The molecule has 1 amide bonds. The van der Waals surface area contributed by atoms with Gasteiger partial charge in [-0.05, 0) is 47.4 Å². The van der Waals surface area contributed by atoms with Crippen LogP contribution in [0.3, 0.4) is 0 Å². The molecule has 176 valence electrons. The van der Waals surface area contributed by atoms with Crippen molar-refractivity contribution >= 4 is 35.5 Å². The van der Waals surface area contributed by atoms with Crippen molar-refractivity contribution in [2.45, 2.75) is 18.5 Å². The average molecular weight is 486 g/mol. The van der Waals surface area contributed by atoms with E-state index in [2.05, 4.69) is 32.8 Å². The molecule has 2 N–H and O–H groups in total. The zero-order valence-corrected chi connectivity index (χ0v) is 19.8. The summed E-state index contributed by atoms with van der Waals surface area (Å²) in [4.78, 5) is 17.1. The van der Waals surface area contributed by atoms with Gasteiger partial charge >= 0.3 is 0 Å². The molecule has 2 unspecified atom stereocenters. The van der Waals surface area contributed by atoms with Gasteiger partial charge in [-0.3, -0.25) is 10.1 Å². The Kier molecular flexibility index (Phi) is 6.50. The second-order valence-corrected chi connectivity index (χ2v) is 8.59. The minimum Gasteiger partial charge on any atom is -0.497 e. The zero-order chi connectivity index (χ0) is 24.2. The van der Waals surface area contributed by atoms with Crippen LogP contribution in [0.1, 0.15) is 35.2 Å². The third kappa shape index (κ3) is 5.05. The minimum absolute atomic E-state index is 0.0210. The molecule has 4 aromatic rings. The van der Waals surface area contributed by atoms with Gasteiger partial charge in [-0.2, -0.15) is 4.98 Å². The topological polar surface area (TPSA) is 81.1 Å². The maximum Gasteiger partial charge on any atom is 0.250 e. The van der Waals surface area contributed by atoms with E-state index < -0.39 is 0 Å². The van der Waals surface area contributed by atoms with E-state index in [1.54, 1.807) is 17.9 Å². The fraction of sp³-hybridized carbons (Fsp3) is 0.148. The highest BCUT2D eigenvalue weighted by Crippen LogP contribution is 2.40. The number of halogens is 1. The fourth-order valence-corrected chi connectivity index (χ4v) is 4.44. The molecule has 0 saturated heterocycles. The predicted molar refractivity (Wildman–Crippen MR) is 138 cm³/mol. The molecule has 8 heteroatoms. The molecule has 7 nitrogen and oxygen atoms in total. The Bertz CT molecular complexity index is 1350. The lowest BCUT2D eigenvalue weighted by Crippen LogP contribution is -2.28. The Hall–Kier alpha value is -4.10. The van der Waals surface area contributed by atoms with E-state index >= 15 is 0 Å². The van der Waals surface area contributed by atoms with Gasteiger partial charge in [0.25, 0.3) is 11.9 Å². The Morgan fingerprint density at radius 2 is 1.83 bits per heavy atom. The number of amides is 1. The number of rotatable bonds is 6. The lowest BCUT2D eigenvalue weighted by Gasteiger charge is -2.32. The Balaban J connectivity index is 1.40. The number of carbonyl (C=O) groups excluding carboxylic acids is 1. The Labute approximate surface area is 208 Å².